The zero-order chi connectivity index (χ0) is 17.4. The normalized spacial score (nSPS) is 11.1. The second-order valence-corrected chi connectivity index (χ2v) is 6.87. The third-order valence-corrected chi connectivity index (χ3v) is 5.14. The van der Waals surface area contributed by atoms with Crippen molar-refractivity contribution >= 4 is 27.8 Å². The lowest BCUT2D eigenvalue weighted by molar-refractivity contribution is 0.475. The average Bonchev–Trinajstić information content (AvgIpc) is 3.20. The molecule has 2 aromatic heterocycles. The topological polar surface area (TPSA) is 49.6 Å². The highest BCUT2D eigenvalue weighted by Gasteiger charge is 2.17. The minimum absolute atomic E-state index is 0.256. The lowest BCUT2D eigenvalue weighted by atomic mass is 10.1. The Labute approximate surface area is 150 Å². The summed E-state index contributed by atoms with van der Waals surface area (Å²) in [6, 6.07) is 13.5. The van der Waals surface area contributed by atoms with Gasteiger partial charge in [-0.1, -0.05) is 25.1 Å². The van der Waals surface area contributed by atoms with E-state index in [2.05, 4.69) is 41.8 Å². The molecule has 0 aliphatic carbocycles. The van der Waals surface area contributed by atoms with Gasteiger partial charge in [0.2, 0.25) is 0 Å². The summed E-state index contributed by atoms with van der Waals surface area (Å²) in [5.74, 6) is 1.21. The van der Waals surface area contributed by atoms with Gasteiger partial charge in [0, 0.05) is 22.8 Å². The van der Waals surface area contributed by atoms with Gasteiger partial charge in [-0.05, 0) is 48.7 Å². The zero-order valence-electron chi connectivity index (χ0n) is 14.2. The van der Waals surface area contributed by atoms with Crippen molar-refractivity contribution in [1.82, 2.24) is 9.38 Å². The number of imidazole rings is 1. The Morgan fingerprint density at radius 3 is 2.72 bits per heavy atom. The standard InChI is InChI=1S/C20H19N3OS/c1-3-14-6-4-5-13(2)17(14)21-19-18(15-7-9-16(24)10-8-15)22-20-23(19)11-12-25-20/h4-12,21,24H,3H2,1-2H3. The molecule has 0 aliphatic heterocycles. The summed E-state index contributed by atoms with van der Waals surface area (Å²) in [6.45, 7) is 4.28. The Hall–Kier alpha value is -2.79. The number of phenols is 1. The molecule has 25 heavy (non-hydrogen) atoms. The minimum atomic E-state index is 0.256. The van der Waals surface area contributed by atoms with Gasteiger partial charge in [-0.2, -0.15) is 0 Å². The molecular weight excluding hydrogens is 330 g/mol. The molecule has 0 radical (unpaired) electrons. The van der Waals surface area contributed by atoms with Crippen LogP contribution in [-0.4, -0.2) is 14.5 Å². The Balaban J connectivity index is 1.88. The number of aryl methyl sites for hydroxylation is 2. The van der Waals surface area contributed by atoms with Crippen molar-refractivity contribution in [3.63, 3.8) is 0 Å². The number of para-hydroxylation sites is 1. The first-order chi connectivity index (χ1) is 12.2. The van der Waals surface area contributed by atoms with Gasteiger partial charge in [-0.15, -0.1) is 11.3 Å². The van der Waals surface area contributed by atoms with Gasteiger partial charge < -0.3 is 10.4 Å². The van der Waals surface area contributed by atoms with Crippen LogP contribution < -0.4 is 5.32 Å². The molecule has 2 heterocycles. The number of hydrogen-bond acceptors (Lipinski definition) is 4. The van der Waals surface area contributed by atoms with Crippen LogP contribution in [0.1, 0.15) is 18.1 Å². The summed E-state index contributed by atoms with van der Waals surface area (Å²) in [6.07, 6.45) is 2.99. The third-order valence-electron chi connectivity index (χ3n) is 4.39. The van der Waals surface area contributed by atoms with E-state index < -0.39 is 0 Å². The number of aromatic nitrogens is 2. The van der Waals surface area contributed by atoms with Gasteiger partial charge >= 0.3 is 0 Å². The highest BCUT2D eigenvalue weighted by Crippen LogP contribution is 2.35. The average molecular weight is 349 g/mol. The van der Waals surface area contributed by atoms with E-state index >= 15 is 0 Å². The Kier molecular flexibility index (Phi) is 3.93. The molecule has 0 saturated heterocycles. The molecule has 0 bridgehead atoms. The summed E-state index contributed by atoms with van der Waals surface area (Å²) >= 11 is 1.61. The summed E-state index contributed by atoms with van der Waals surface area (Å²) in [5, 5.41) is 15.2. The van der Waals surface area contributed by atoms with Gasteiger partial charge in [0.25, 0.3) is 0 Å². The predicted octanol–water partition coefficient (Wildman–Crippen LogP) is 5.38. The van der Waals surface area contributed by atoms with Crippen LogP contribution in [0.2, 0.25) is 0 Å². The molecule has 0 saturated carbocycles. The maximum atomic E-state index is 9.57. The minimum Gasteiger partial charge on any atom is -0.508 e. The fourth-order valence-corrected chi connectivity index (χ4v) is 3.76. The van der Waals surface area contributed by atoms with Crippen LogP contribution in [0.25, 0.3) is 16.2 Å². The van der Waals surface area contributed by atoms with Crippen LogP contribution in [-0.2, 0) is 6.42 Å². The van der Waals surface area contributed by atoms with Crippen LogP contribution in [0.4, 0.5) is 11.5 Å². The van der Waals surface area contributed by atoms with Crippen LogP contribution in [0, 0.1) is 6.92 Å². The number of nitrogens with one attached hydrogen (secondary N) is 1. The van der Waals surface area contributed by atoms with Crippen molar-refractivity contribution in [2.75, 3.05) is 5.32 Å². The van der Waals surface area contributed by atoms with Crippen LogP contribution in [0.15, 0.2) is 54.0 Å². The molecule has 4 aromatic rings. The second kappa shape index (κ2) is 6.26. The van der Waals surface area contributed by atoms with Crippen LogP contribution >= 0.6 is 11.3 Å². The summed E-state index contributed by atoms with van der Waals surface area (Å²) in [5.41, 5.74) is 5.49. The molecule has 0 fully saturated rings. The van der Waals surface area contributed by atoms with Crippen LogP contribution in [0.5, 0.6) is 5.75 Å². The molecule has 2 N–H and O–H groups in total. The van der Waals surface area contributed by atoms with E-state index in [-0.39, 0.29) is 5.75 Å². The number of thiazole rings is 1. The van der Waals surface area contributed by atoms with E-state index in [9.17, 15) is 5.11 Å². The monoisotopic (exact) mass is 349 g/mol. The molecule has 4 nitrogen and oxygen atoms in total. The number of phenolic OH excluding ortho intramolecular Hbond substituents is 1. The fraction of sp³-hybridized carbons (Fsp3) is 0.150. The van der Waals surface area contributed by atoms with E-state index in [1.165, 1.54) is 11.1 Å². The van der Waals surface area contributed by atoms with E-state index in [0.29, 0.717) is 0 Å². The highest BCUT2D eigenvalue weighted by molar-refractivity contribution is 7.15. The number of rotatable bonds is 4. The van der Waals surface area contributed by atoms with Gasteiger partial charge in [0.1, 0.15) is 17.3 Å². The SMILES string of the molecule is CCc1cccc(C)c1Nc1c(-c2ccc(O)cc2)nc2sccn12. The first-order valence-electron chi connectivity index (χ1n) is 8.28. The van der Waals surface area contributed by atoms with Gasteiger partial charge in [0.05, 0.1) is 0 Å². The smallest absolute Gasteiger partial charge is 0.195 e. The number of nitrogens with zero attached hydrogens (tertiary/aromatic N) is 2. The van der Waals surface area contributed by atoms with E-state index in [4.69, 9.17) is 4.98 Å². The highest BCUT2D eigenvalue weighted by atomic mass is 32.1. The van der Waals surface area contributed by atoms with E-state index in [1.807, 2.05) is 23.7 Å². The zero-order valence-corrected chi connectivity index (χ0v) is 15.0. The van der Waals surface area contributed by atoms with E-state index in [0.717, 1.165) is 34.1 Å². The molecule has 2 aromatic carbocycles. The number of fused-ring (bicyclic) bond motifs is 1. The number of hydrogen-bond donors (Lipinski definition) is 2. The largest absolute Gasteiger partial charge is 0.508 e. The molecule has 4 rings (SSSR count). The van der Waals surface area contributed by atoms with Crippen molar-refractivity contribution < 1.29 is 5.11 Å². The molecule has 5 heteroatoms. The molecule has 0 atom stereocenters. The maximum Gasteiger partial charge on any atom is 0.195 e. The Morgan fingerprint density at radius 1 is 1.16 bits per heavy atom. The van der Waals surface area contributed by atoms with Crippen molar-refractivity contribution in [3.05, 3.63) is 65.2 Å². The van der Waals surface area contributed by atoms with Gasteiger partial charge in [0.15, 0.2) is 4.96 Å². The van der Waals surface area contributed by atoms with Crippen molar-refractivity contribution in [2.24, 2.45) is 0 Å². The summed E-state index contributed by atoms with van der Waals surface area (Å²) in [7, 11) is 0. The maximum absolute atomic E-state index is 9.57. The van der Waals surface area contributed by atoms with Crippen molar-refractivity contribution in [2.45, 2.75) is 20.3 Å². The molecule has 126 valence electrons. The van der Waals surface area contributed by atoms with Crippen LogP contribution in [0.3, 0.4) is 0 Å². The summed E-state index contributed by atoms with van der Waals surface area (Å²) in [4.78, 5) is 5.73. The van der Waals surface area contributed by atoms with Gasteiger partial charge in [-0.3, -0.25) is 4.40 Å². The number of aromatic hydroxyl groups is 1. The number of anilines is 2. The first kappa shape index (κ1) is 15.7. The first-order valence-corrected chi connectivity index (χ1v) is 9.16. The number of benzene rings is 2. The van der Waals surface area contributed by atoms with E-state index in [1.54, 1.807) is 23.5 Å². The summed E-state index contributed by atoms with van der Waals surface area (Å²) < 4.78 is 2.08. The fourth-order valence-electron chi connectivity index (χ4n) is 3.05. The Morgan fingerprint density at radius 2 is 1.96 bits per heavy atom. The molecule has 0 amide bonds. The van der Waals surface area contributed by atoms with Crippen molar-refractivity contribution in [1.29, 1.82) is 0 Å². The van der Waals surface area contributed by atoms with Crippen molar-refractivity contribution in [3.8, 4) is 17.0 Å². The lowest BCUT2D eigenvalue weighted by Gasteiger charge is -2.15. The van der Waals surface area contributed by atoms with Gasteiger partial charge in [-0.25, -0.2) is 4.98 Å². The third kappa shape index (κ3) is 2.76. The quantitative estimate of drug-likeness (QED) is 0.520. The molecule has 0 aliphatic rings. The molecule has 0 spiro atoms. The predicted molar refractivity (Wildman–Crippen MR) is 104 cm³/mol. The molecule has 0 unspecified atom stereocenters. The second-order valence-electron chi connectivity index (χ2n) is 6.00. The Bertz CT molecular complexity index is 1030. The molecular formula is C20H19N3OS. The lowest BCUT2D eigenvalue weighted by Crippen LogP contribution is -2.01.